The van der Waals surface area contributed by atoms with Gasteiger partial charge in [0, 0.05) is 17.8 Å². The maximum atomic E-state index is 12.8. The maximum absolute atomic E-state index is 12.8. The molecule has 6 amide bonds. The molecule has 0 aliphatic carbocycles. The van der Waals surface area contributed by atoms with Crippen molar-refractivity contribution in [3.05, 3.63) is 89.6 Å². The van der Waals surface area contributed by atoms with Gasteiger partial charge in [-0.05, 0) is 36.6 Å². The molecule has 2 unspecified atom stereocenters. The number of allylic oxidation sites excluding steroid dienone is 1. The average molecular weight is 665 g/mol. The molecular weight excluding hydrogens is 627 g/mol. The molecule has 0 bridgehead atoms. The second kappa shape index (κ2) is 18.7. The highest BCUT2D eigenvalue weighted by atomic mass is 31.0. The van der Waals surface area contributed by atoms with Crippen molar-refractivity contribution >= 4 is 55.9 Å². The summed E-state index contributed by atoms with van der Waals surface area (Å²) in [7, 11) is 1.98. The normalized spacial score (nSPS) is 13.1. The molecule has 248 valence electrons. The van der Waals surface area contributed by atoms with Gasteiger partial charge >= 0.3 is 0 Å². The molecule has 14 nitrogen and oxygen atoms in total. The van der Waals surface area contributed by atoms with E-state index >= 15 is 0 Å². The van der Waals surface area contributed by atoms with E-state index in [1.807, 2.05) is 39.6 Å². The van der Waals surface area contributed by atoms with E-state index in [0.717, 1.165) is 10.5 Å². The van der Waals surface area contributed by atoms with Crippen LogP contribution in [0.3, 0.4) is 0 Å². The van der Waals surface area contributed by atoms with Crippen molar-refractivity contribution in [3.8, 4) is 0 Å². The standard InChI is InChI=1S/C32H37N6O8P/c1-2-24(33-16-28(41)36-20-46-19-32(45)47)25(14-21-6-4-3-5-7-21)37-29(42)18-35-27(40)17-34-26(39)15-22-8-10-23(11-9-22)38-30(43)12-13-31(38)44/h2-13,25,33H,14-20,47H2,1H3,(H,34,39)(H,35,40)(H,36,41)(H,37,42)/b24-2-. The van der Waals surface area contributed by atoms with Gasteiger partial charge in [-0.15, -0.1) is 0 Å². The Balaban J connectivity index is 1.45. The Morgan fingerprint density at radius 2 is 1.36 bits per heavy atom. The van der Waals surface area contributed by atoms with Crippen LogP contribution in [-0.2, 0) is 51.1 Å². The quantitative estimate of drug-likeness (QED) is 0.0611. The van der Waals surface area contributed by atoms with Crippen LogP contribution in [0.4, 0.5) is 5.69 Å². The third-order valence-electron chi connectivity index (χ3n) is 6.63. The van der Waals surface area contributed by atoms with Crippen molar-refractivity contribution in [2.75, 3.05) is 37.9 Å². The second-order valence-corrected chi connectivity index (χ2v) is 10.9. The molecule has 2 atom stereocenters. The van der Waals surface area contributed by atoms with Gasteiger partial charge in [0.15, 0.2) is 5.52 Å². The molecule has 1 aliphatic rings. The number of nitrogens with one attached hydrogen (secondary N) is 5. The first-order chi connectivity index (χ1) is 22.5. The molecule has 2 aromatic carbocycles. The van der Waals surface area contributed by atoms with Gasteiger partial charge in [-0.1, -0.05) is 57.8 Å². The van der Waals surface area contributed by atoms with Gasteiger partial charge in [0.2, 0.25) is 23.6 Å². The minimum absolute atomic E-state index is 0.0445. The number of nitrogens with zero attached hydrogens (tertiary/aromatic N) is 1. The Labute approximate surface area is 273 Å². The Kier molecular flexibility index (Phi) is 14.4. The molecule has 0 saturated carbocycles. The smallest absolute Gasteiger partial charge is 0.258 e. The van der Waals surface area contributed by atoms with E-state index in [-0.39, 0.29) is 50.8 Å². The summed E-state index contributed by atoms with van der Waals surface area (Å²) >= 11 is 0. The zero-order valence-corrected chi connectivity index (χ0v) is 26.9. The molecular formula is C32H37N6O8P. The van der Waals surface area contributed by atoms with Crippen LogP contribution in [0.2, 0.25) is 0 Å². The van der Waals surface area contributed by atoms with Crippen LogP contribution in [-0.4, -0.2) is 80.0 Å². The maximum Gasteiger partial charge on any atom is 0.258 e. The lowest BCUT2D eigenvalue weighted by atomic mass is 10.0. The summed E-state index contributed by atoms with van der Waals surface area (Å²) in [6, 6.07) is 15.2. The molecule has 0 spiro atoms. The fourth-order valence-corrected chi connectivity index (χ4v) is 4.49. The Morgan fingerprint density at radius 3 is 2.00 bits per heavy atom. The van der Waals surface area contributed by atoms with E-state index < -0.39 is 35.6 Å². The van der Waals surface area contributed by atoms with Crippen LogP contribution < -0.4 is 31.5 Å². The summed E-state index contributed by atoms with van der Waals surface area (Å²) in [6.07, 6.45) is 4.44. The number of imide groups is 1. The number of anilines is 1. The lowest BCUT2D eigenvalue weighted by Gasteiger charge is -2.23. The first kappa shape index (κ1) is 36.3. The van der Waals surface area contributed by atoms with Gasteiger partial charge in [-0.2, -0.15) is 0 Å². The number of rotatable bonds is 18. The highest BCUT2D eigenvalue weighted by molar-refractivity contribution is 7.40. The van der Waals surface area contributed by atoms with E-state index in [4.69, 9.17) is 4.74 Å². The van der Waals surface area contributed by atoms with E-state index in [2.05, 4.69) is 26.6 Å². The summed E-state index contributed by atoms with van der Waals surface area (Å²) in [5.41, 5.74) is 2.24. The van der Waals surface area contributed by atoms with Crippen LogP contribution in [0.1, 0.15) is 18.1 Å². The van der Waals surface area contributed by atoms with Crippen molar-refractivity contribution in [3.63, 3.8) is 0 Å². The molecule has 0 saturated heterocycles. The summed E-state index contributed by atoms with van der Waals surface area (Å²) in [5, 5.41) is 13.4. The number of carbonyl (C=O) groups excluding carboxylic acids is 7. The van der Waals surface area contributed by atoms with Gasteiger partial charge in [-0.25, -0.2) is 4.90 Å². The molecule has 5 N–H and O–H groups in total. The predicted molar refractivity (Wildman–Crippen MR) is 175 cm³/mol. The lowest BCUT2D eigenvalue weighted by molar-refractivity contribution is -0.127. The SMILES string of the molecule is C/C=C(\NCC(=O)NCOCC(=O)P)C(Cc1ccccc1)NC(=O)CNC(=O)CNC(=O)Cc1ccc(N2C(=O)C=CC2=O)cc1. The Hall–Kier alpha value is -5.20. The molecule has 1 heterocycles. The Bertz CT molecular complexity index is 1510. The van der Waals surface area contributed by atoms with Crippen molar-refractivity contribution in [2.45, 2.75) is 25.8 Å². The summed E-state index contributed by atoms with van der Waals surface area (Å²) in [6.45, 7) is 0.651. The number of amides is 6. The van der Waals surface area contributed by atoms with Crippen LogP contribution >= 0.6 is 9.24 Å². The van der Waals surface area contributed by atoms with Gasteiger partial charge in [0.1, 0.15) is 13.3 Å². The number of hydrogen-bond donors (Lipinski definition) is 5. The molecule has 1 aliphatic heterocycles. The van der Waals surface area contributed by atoms with Crippen molar-refractivity contribution < 1.29 is 38.3 Å². The molecule has 3 rings (SSSR count). The second-order valence-electron chi connectivity index (χ2n) is 10.2. The topological polar surface area (TPSA) is 192 Å². The predicted octanol–water partition coefficient (Wildman–Crippen LogP) is -0.396. The van der Waals surface area contributed by atoms with E-state index in [9.17, 15) is 33.6 Å². The molecule has 15 heteroatoms. The minimum Gasteiger partial charge on any atom is -0.378 e. The lowest BCUT2D eigenvalue weighted by Crippen LogP contribution is -2.48. The van der Waals surface area contributed by atoms with E-state index in [1.54, 1.807) is 37.3 Å². The monoisotopic (exact) mass is 664 g/mol. The van der Waals surface area contributed by atoms with Crippen molar-refractivity contribution in [1.82, 2.24) is 26.6 Å². The molecule has 0 radical (unpaired) electrons. The van der Waals surface area contributed by atoms with E-state index in [1.165, 1.54) is 12.2 Å². The largest absolute Gasteiger partial charge is 0.378 e. The summed E-state index contributed by atoms with van der Waals surface area (Å²) < 4.78 is 5.03. The highest BCUT2D eigenvalue weighted by Crippen LogP contribution is 2.19. The zero-order chi connectivity index (χ0) is 34.2. The zero-order valence-electron chi connectivity index (χ0n) is 25.7. The van der Waals surface area contributed by atoms with Gasteiger partial charge in [-0.3, -0.25) is 33.6 Å². The number of carbonyl (C=O) groups is 7. The highest BCUT2D eigenvalue weighted by Gasteiger charge is 2.25. The fourth-order valence-electron chi connectivity index (χ4n) is 4.37. The van der Waals surface area contributed by atoms with Gasteiger partial charge in [0.25, 0.3) is 11.8 Å². The van der Waals surface area contributed by atoms with Crippen LogP contribution in [0.15, 0.2) is 78.5 Å². The molecule has 0 aromatic heterocycles. The van der Waals surface area contributed by atoms with Crippen molar-refractivity contribution in [2.24, 2.45) is 0 Å². The third kappa shape index (κ3) is 12.6. The third-order valence-corrected chi connectivity index (χ3v) is 6.80. The first-order valence-corrected chi connectivity index (χ1v) is 15.2. The van der Waals surface area contributed by atoms with Crippen LogP contribution in [0.5, 0.6) is 0 Å². The van der Waals surface area contributed by atoms with Gasteiger partial charge in [0.05, 0.1) is 37.8 Å². The minimum atomic E-state index is -0.575. The summed E-state index contributed by atoms with van der Waals surface area (Å²) in [5.74, 6) is -2.78. The molecule has 2 aromatic rings. The fraction of sp³-hybridized carbons (Fsp3) is 0.281. The molecule has 0 fully saturated rings. The van der Waals surface area contributed by atoms with Crippen LogP contribution in [0.25, 0.3) is 0 Å². The first-order valence-electron chi connectivity index (χ1n) is 14.6. The average Bonchev–Trinajstić information content (AvgIpc) is 3.39. The Morgan fingerprint density at radius 1 is 0.766 bits per heavy atom. The van der Waals surface area contributed by atoms with Crippen molar-refractivity contribution in [1.29, 1.82) is 0 Å². The number of hydrogen-bond acceptors (Lipinski definition) is 9. The molecule has 47 heavy (non-hydrogen) atoms. The van der Waals surface area contributed by atoms with Crippen LogP contribution in [0, 0.1) is 0 Å². The number of ether oxygens (including phenoxy) is 1. The van der Waals surface area contributed by atoms with E-state index in [0.29, 0.717) is 23.4 Å². The summed E-state index contributed by atoms with van der Waals surface area (Å²) in [4.78, 5) is 85.4. The number of benzene rings is 2. The van der Waals surface area contributed by atoms with Gasteiger partial charge < -0.3 is 31.3 Å².